The number of rotatable bonds is 6. The number of benzene rings is 7. The maximum atomic E-state index is 7.31. The monoisotopic (exact) mass is 680 g/mol. The molecule has 7 aromatic carbocycles. The molecule has 4 nitrogen and oxygen atoms in total. The first-order chi connectivity index (χ1) is 26.1. The summed E-state index contributed by atoms with van der Waals surface area (Å²) in [5.74, 6) is 0. The number of pyridine rings is 1. The number of fused-ring (bicyclic) bond motifs is 11. The van der Waals surface area contributed by atoms with Crippen molar-refractivity contribution in [2.24, 2.45) is 5.73 Å². The Balaban J connectivity index is 1.20. The first kappa shape index (κ1) is 30.9. The van der Waals surface area contributed by atoms with Gasteiger partial charge >= 0.3 is 0 Å². The minimum atomic E-state index is -0.458. The summed E-state index contributed by atoms with van der Waals surface area (Å²) in [5.41, 5.74) is 26.7. The first-order valence-corrected chi connectivity index (χ1v) is 18.0. The number of para-hydroxylation sites is 4. The number of nitrogen functional groups attached to an aromatic ring is 1. The van der Waals surface area contributed by atoms with Crippen molar-refractivity contribution in [3.05, 3.63) is 194 Å². The zero-order valence-corrected chi connectivity index (χ0v) is 29.1. The van der Waals surface area contributed by atoms with Gasteiger partial charge in [0, 0.05) is 55.5 Å². The molecular formula is C49H36N4. The predicted molar refractivity (Wildman–Crippen MR) is 226 cm³/mol. The Morgan fingerprint density at radius 3 is 1.94 bits per heavy atom. The van der Waals surface area contributed by atoms with Crippen LogP contribution in [0.15, 0.2) is 183 Å². The van der Waals surface area contributed by atoms with Gasteiger partial charge in [-0.25, -0.2) is 0 Å². The van der Waals surface area contributed by atoms with Gasteiger partial charge in [-0.2, -0.15) is 0 Å². The Morgan fingerprint density at radius 2 is 1.19 bits per heavy atom. The molecule has 1 unspecified atom stereocenters. The zero-order chi connectivity index (χ0) is 35.6. The lowest BCUT2D eigenvalue weighted by molar-refractivity contribution is 0.917. The van der Waals surface area contributed by atoms with Crippen LogP contribution in [0.4, 0.5) is 5.69 Å². The van der Waals surface area contributed by atoms with Gasteiger partial charge in [-0.05, 0) is 70.6 Å². The average molecular weight is 681 g/mol. The maximum Gasteiger partial charge on any atom is 0.0617 e. The lowest BCUT2D eigenvalue weighted by Crippen LogP contribution is -2.10. The molecule has 0 saturated carbocycles. The van der Waals surface area contributed by atoms with Crippen molar-refractivity contribution in [2.45, 2.75) is 6.04 Å². The largest absolute Gasteiger partial charge is 0.398 e. The molecule has 0 aliphatic heterocycles. The summed E-state index contributed by atoms with van der Waals surface area (Å²) in [6.45, 7) is 4.27. The van der Waals surface area contributed by atoms with E-state index < -0.39 is 6.04 Å². The molecule has 4 heteroatoms. The summed E-state index contributed by atoms with van der Waals surface area (Å²) in [6.07, 6.45) is 4.05. The second kappa shape index (κ2) is 12.1. The van der Waals surface area contributed by atoms with E-state index in [9.17, 15) is 0 Å². The average Bonchev–Trinajstić information content (AvgIpc) is 3.77. The van der Waals surface area contributed by atoms with E-state index in [1.54, 1.807) is 0 Å². The quantitative estimate of drug-likeness (QED) is 0.104. The Morgan fingerprint density at radius 1 is 0.566 bits per heavy atom. The molecule has 1 atom stereocenters. The normalized spacial score (nSPS) is 12.8. The lowest BCUT2D eigenvalue weighted by Gasteiger charge is -2.19. The van der Waals surface area contributed by atoms with E-state index in [4.69, 9.17) is 11.5 Å². The standard InChI is InChI=1S/C49H36N4/c1-2-31(32-25-27-46-41(28-32)38-19-10-12-22-44(38)52(46)34-14-4-3-5-15-34)29-43(51)40-26-24-33-30-47-37-18-7-6-16-35(37)36-17-9-13-23-45(36)53(47)49(33)48(40)39-20-8-11-21-42(39)50/h2-30,43H,1,50-51H2/b31-29+. The molecule has 0 amide bonds. The van der Waals surface area contributed by atoms with Crippen molar-refractivity contribution in [3.63, 3.8) is 0 Å². The molecule has 0 aliphatic carbocycles. The smallest absolute Gasteiger partial charge is 0.0617 e. The summed E-state index contributed by atoms with van der Waals surface area (Å²) in [5, 5.41) is 7.16. The molecule has 53 heavy (non-hydrogen) atoms. The second-order valence-electron chi connectivity index (χ2n) is 13.8. The highest BCUT2D eigenvalue weighted by Gasteiger charge is 2.22. The van der Waals surface area contributed by atoms with Crippen LogP contribution in [0, 0.1) is 0 Å². The minimum absolute atomic E-state index is 0.458. The third-order valence-corrected chi connectivity index (χ3v) is 10.8. The number of hydrogen-bond acceptors (Lipinski definition) is 2. The fraction of sp³-hybridized carbons (Fsp3) is 0.0204. The fourth-order valence-electron chi connectivity index (χ4n) is 8.46. The van der Waals surface area contributed by atoms with Gasteiger partial charge < -0.3 is 20.4 Å². The molecule has 0 spiro atoms. The molecule has 0 fully saturated rings. The highest BCUT2D eigenvalue weighted by atomic mass is 15.0. The first-order valence-electron chi connectivity index (χ1n) is 18.0. The van der Waals surface area contributed by atoms with Crippen molar-refractivity contribution < 1.29 is 0 Å². The molecule has 252 valence electrons. The third kappa shape index (κ3) is 4.73. The van der Waals surface area contributed by atoms with Crippen LogP contribution in [0.25, 0.3) is 82.3 Å². The molecule has 4 N–H and O–H groups in total. The van der Waals surface area contributed by atoms with E-state index in [1.165, 1.54) is 32.4 Å². The molecule has 0 aliphatic rings. The highest BCUT2D eigenvalue weighted by Crippen LogP contribution is 2.43. The SMILES string of the molecule is C=C/C(=C\C(N)c1ccc2cc3c4ccccc4c4ccccc4n3c2c1-c1ccccc1N)c1ccc2c(c1)c1ccccc1n2-c1ccccc1. The predicted octanol–water partition coefficient (Wildman–Crippen LogP) is 12.0. The number of allylic oxidation sites excluding steroid dienone is 2. The molecule has 0 bridgehead atoms. The lowest BCUT2D eigenvalue weighted by atomic mass is 9.90. The Bertz CT molecular complexity index is 3110. The van der Waals surface area contributed by atoms with Gasteiger partial charge in [0.15, 0.2) is 0 Å². The third-order valence-electron chi connectivity index (χ3n) is 10.8. The molecule has 0 radical (unpaired) electrons. The van der Waals surface area contributed by atoms with E-state index in [0.717, 1.165) is 61.0 Å². The Labute approximate surface area is 307 Å². The molecule has 0 saturated heterocycles. The van der Waals surface area contributed by atoms with Crippen molar-refractivity contribution in [3.8, 4) is 16.8 Å². The summed E-state index contributed by atoms with van der Waals surface area (Å²) in [7, 11) is 0. The van der Waals surface area contributed by atoms with Crippen molar-refractivity contribution in [2.75, 3.05) is 5.73 Å². The van der Waals surface area contributed by atoms with E-state index in [2.05, 4.69) is 173 Å². The minimum Gasteiger partial charge on any atom is -0.398 e. The highest BCUT2D eigenvalue weighted by molar-refractivity contribution is 6.17. The summed E-state index contributed by atoms with van der Waals surface area (Å²) >= 11 is 0. The van der Waals surface area contributed by atoms with Crippen LogP contribution in [0.5, 0.6) is 0 Å². The van der Waals surface area contributed by atoms with Crippen LogP contribution in [0.2, 0.25) is 0 Å². The molecule has 3 heterocycles. The second-order valence-corrected chi connectivity index (χ2v) is 13.8. The Hall–Kier alpha value is -6.88. The van der Waals surface area contributed by atoms with Crippen LogP contribution < -0.4 is 11.5 Å². The van der Waals surface area contributed by atoms with E-state index in [-0.39, 0.29) is 0 Å². The van der Waals surface area contributed by atoms with Gasteiger partial charge in [0.05, 0.1) is 27.6 Å². The number of nitrogens with zero attached hydrogens (tertiary/aromatic N) is 2. The maximum absolute atomic E-state index is 7.31. The van der Waals surface area contributed by atoms with E-state index in [0.29, 0.717) is 5.69 Å². The molecular weight excluding hydrogens is 645 g/mol. The van der Waals surface area contributed by atoms with Gasteiger partial charge in [0.2, 0.25) is 0 Å². The zero-order valence-electron chi connectivity index (χ0n) is 29.1. The summed E-state index contributed by atoms with van der Waals surface area (Å²) in [4.78, 5) is 0. The number of aromatic nitrogens is 2. The van der Waals surface area contributed by atoms with Crippen LogP contribution in [-0.2, 0) is 0 Å². The number of hydrogen-bond donors (Lipinski definition) is 2. The van der Waals surface area contributed by atoms with Crippen LogP contribution in [-0.4, -0.2) is 8.97 Å². The summed E-state index contributed by atoms with van der Waals surface area (Å²) in [6, 6.07) is 57.4. The van der Waals surface area contributed by atoms with Crippen molar-refractivity contribution >= 4 is 71.2 Å². The Kier molecular flexibility index (Phi) is 7.07. The number of anilines is 1. The molecule has 10 rings (SSSR count). The van der Waals surface area contributed by atoms with Gasteiger partial charge in [-0.1, -0.05) is 134 Å². The van der Waals surface area contributed by atoms with Crippen molar-refractivity contribution in [1.82, 2.24) is 8.97 Å². The van der Waals surface area contributed by atoms with Crippen LogP contribution >= 0.6 is 0 Å². The number of nitrogens with two attached hydrogens (primary N) is 2. The van der Waals surface area contributed by atoms with E-state index >= 15 is 0 Å². The molecule has 3 aromatic heterocycles. The van der Waals surface area contributed by atoms with Gasteiger partial charge in [0.1, 0.15) is 0 Å². The van der Waals surface area contributed by atoms with Gasteiger partial charge in [-0.3, -0.25) is 0 Å². The van der Waals surface area contributed by atoms with E-state index in [1.807, 2.05) is 18.2 Å². The van der Waals surface area contributed by atoms with Gasteiger partial charge in [-0.15, -0.1) is 0 Å². The van der Waals surface area contributed by atoms with Crippen molar-refractivity contribution in [1.29, 1.82) is 0 Å². The van der Waals surface area contributed by atoms with Crippen LogP contribution in [0.3, 0.4) is 0 Å². The fourth-order valence-corrected chi connectivity index (χ4v) is 8.46. The molecule has 10 aromatic rings. The van der Waals surface area contributed by atoms with Crippen LogP contribution in [0.1, 0.15) is 17.2 Å². The van der Waals surface area contributed by atoms with Gasteiger partial charge in [0.25, 0.3) is 0 Å². The summed E-state index contributed by atoms with van der Waals surface area (Å²) < 4.78 is 4.73. The topological polar surface area (TPSA) is 61.4 Å².